The lowest BCUT2D eigenvalue weighted by Crippen LogP contribution is -2.49. The Kier molecular flexibility index (Phi) is 8.27. The molecule has 1 fully saturated rings. The maximum atomic E-state index is 12.1. The molecule has 1 aliphatic rings. The van der Waals surface area contributed by atoms with Crippen LogP contribution in [0.3, 0.4) is 0 Å². The lowest BCUT2D eigenvalue weighted by atomic mass is 9.91. The Labute approximate surface area is 131 Å². The highest BCUT2D eigenvalue weighted by Crippen LogP contribution is 2.19. The van der Waals surface area contributed by atoms with Gasteiger partial charge in [0.25, 0.3) is 0 Å². The first kappa shape index (κ1) is 18.4. The quantitative estimate of drug-likeness (QED) is 0.722. The molecule has 4 nitrogen and oxygen atoms in total. The normalized spacial score (nSPS) is 23.0. The Bertz CT molecular complexity index is 306. The Balaban J connectivity index is 2.36. The van der Waals surface area contributed by atoms with Crippen LogP contribution < -0.4 is 10.6 Å². The monoisotopic (exact) mass is 297 g/mol. The number of carbonyl (C=O) groups excluding carboxylic acids is 1. The first-order chi connectivity index (χ1) is 9.93. The first-order valence-corrected chi connectivity index (χ1v) is 8.69. The molecule has 0 aromatic heterocycles. The van der Waals surface area contributed by atoms with Crippen molar-refractivity contribution in [1.29, 1.82) is 0 Å². The highest BCUT2D eigenvalue weighted by molar-refractivity contribution is 5.78. The highest BCUT2D eigenvalue weighted by atomic mass is 16.2. The number of hydrogen-bond acceptors (Lipinski definition) is 3. The van der Waals surface area contributed by atoms with E-state index in [0.717, 1.165) is 19.6 Å². The van der Waals surface area contributed by atoms with E-state index in [9.17, 15) is 4.79 Å². The van der Waals surface area contributed by atoms with Crippen LogP contribution in [-0.2, 0) is 4.79 Å². The fraction of sp³-hybridized carbons (Fsp3) is 0.941. The molecule has 3 atom stereocenters. The van der Waals surface area contributed by atoms with E-state index in [4.69, 9.17) is 0 Å². The molecule has 1 amide bonds. The van der Waals surface area contributed by atoms with E-state index in [-0.39, 0.29) is 11.9 Å². The second-order valence-electron chi connectivity index (χ2n) is 6.98. The van der Waals surface area contributed by atoms with E-state index in [2.05, 4.69) is 50.2 Å². The minimum atomic E-state index is 0.172. The average molecular weight is 297 g/mol. The largest absolute Gasteiger partial charge is 0.352 e. The molecule has 1 aliphatic heterocycles. The van der Waals surface area contributed by atoms with Crippen LogP contribution in [-0.4, -0.2) is 49.1 Å². The van der Waals surface area contributed by atoms with Gasteiger partial charge >= 0.3 is 0 Å². The van der Waals surface area contributed by atoms with Crippen LogP contribution in [0, 0.1) is 11.8 Å². The summed E-state index contributed by atoms with van der Waals surface area (Å²) >= 11 is 0. The maximum Gasteiger partial charge on any atom is 0.234 e. The van der Waals surface area contributed by atoms with Crippen molar-refractivity contribution in [1.82, 2.24) is 15.5 Å². The number of likely N-dealkylation sites (tertiary alicyclic amines) is 1. The van der Waals surface area contributed by atoms with E-state index in [0.29, 0.717) is 24.4 Å². The smallest absolute Gasteiger partial charge is 0.234 e. The van der Waals surface area contributed by atoms with Gasteiger partial charge in [0.2, 0.25) is 5.91 Å². The molecule has 0 radical (unpaired) electrons. The number of nitrogens with one attached hydrogen (secondary N) is 2. The molecule has 0 spiro atoms. The molecule has 1 rings (SSSR count). The van der Waals surface area contributed by atoms with E-state index < -0.39 is 0 Å². The zero-order valence-electron chi connectivity index (χ0n) is 14.6. The topological polar surface area (TPSA) is 44.4 Å². The fourth-order valence-corrected chi connectivity index (χ4v) is 2.85. The van der Waals surface area contributed by atoms with Crippen LogP contribution in [0.1, 0.15) is 53.9 Å². The average Bonchev–Trinajstić information content (AvgIpc) is 2.44. The summed E-state index contributed by atoms with van der Waals surface area (Å²) in [5.74, 6) is 1.33. The third kappa shape index (κ3) is 6.79. The third-order valence-corrected chi connectivity index (χ3v) is 4.72. The predicted molar refractivity (Wildman–Crippen MR) is 89.4 cm³/mol. The summed E-state index contributed by atoms with van der Waals surface area (Å²) in [5.41, 5.74) is 0. The Hall–Kier alpha value is -0.610. The van der Waals surface area contributed by atoms with Crippen LogP contribution in [0.15, 0.2) is 0 Å². The Morgan fingerprint density at radius 3 is 2.62 bits per heavy atom. The van der Waals surface area contributed by atoms with Gasteiger partial charge in [0.1, 0.15) is 0 Å². The SMILES string of the molecule is CCCNC(C)C1CCCN(CC(=O)NC(C)C(C)C)C1. The standard InChI is InChI=1S/C17H35N3O/c1-6-9-18-15(5)16-8-7-10-20(11-16)12-17(21)19-14(4)13(2)3/h13-16,18H,6-12H2,1-5H3,(H,19,21). The molecule has 0 saturated carbocycles. The van der Waals surface area contributed by atoms with Crippen molar-refractivity contribution in [3.05, 3.63) is 0 Å². The molecule has 21 heavy (non-hydrogen) atoms. The van der Waals surface area contributed by atoms with Gasteiger partial charge in [-0.05, 0) is 58.0 Å². The number of piperidine rings is 1. The molecule has 0 aromatic rings. The third-order valence-electron chi connectivity index (χ3n) is 4.72. The lowest BCUT2D eigenvalue weighted by Gasteiger charge is -2.36. The van der Waals surface area contributed by atoms with Crippen LogP contribution in [0.4, 0.5) is 0 Å². The number of hydrogen-bond donors (Lipinski definition) is 2. The summed E-state index contributed by atoms with van der Waals surface area (Å²) in [4.78, 5) is 14.4. The van der Waals surface area contributed by atoms with Crippen LogP contribution in [0.5, 0.6) is 0 Å². The minimum absolute atomic E-state index is 0.172. The maximum absolute atomic E-state index is 12.1. The van der Waals surface area contributed by atoms with Crippen molar-refractivity contribution in [3.63, 3.8) is 0 Å². The second kappa shape index (κ2) is 9.42. The first-order valence-electron chi connectivity index (χ1n) is 8.69. The predicted octanol–water partition coefficient (Wildman–Crippen LogP) is 2.25. The van der Waals surface area contributed by atoms with Crippen molar-refractivity contribution in [2.75, 3.05) is 26.2 Å². The molecule has 4 heteroatoms. The van der Waals surface area contributed by atoms with E-state index in [1.807, 2.05) is 0 Å². The molecule has 3 unspecified atom stereocenters. The van der Waals surface area contributed by atoms with Crippen molar-refractivity contribution < 1.29 is 4.79 Å². The highest BCUT2D eigenvalue weighted by Gasteiger charge is 2.25. The van der Waals surface area contributed by atoms with Crippen molar-refractivity contribution in [2.24, 2.45) is 11.8 Å². The van der Waals surface area contributed by atoms with Crippen LogP contribution in [0.2, 0.25) is 0 Å². The van der Waals surface area contributed by atoms with Gasteiger partial charge < -0.3 is 10.6 Å². The lowest BCUT2D eigenvalue weighted by molar-refractivity contribution is -0.123. The van der Waals surface area contributed by atoms with E-state index in [1.54, 1.807) is 0 Å². The Morgan fingerprint density at radius 2 is 2.00 bits per heavy atom. The number of rotatable bonds is 8. The van der Waals surface area contributed by atoms with Crippen molar-refractivity contribution in [2.45, 2.75) is 66.0 Å². The molecule has 0 aliphatic carbocycles. The summed E-state index contributed by atoms with van der Waals surface area (Å²) in [5, 5.41) is 6.70. The minimum Gasteiger partial charge on any atom is -0.352 e. The van der Waals surface area contributed by atoms with Gasteiger partial charge in [-0.15, -0.1) is 0 Å². The van der Waals surface area contributed by atoms with Crippen LogP contribution >= 0.6 is 0 Å². The van der Waals surface area contributed by atoms with Gasteiger partial charge in [-0.2, -0.15) is 0 Å². The number of amides is 1. The number of nitrogens with zero attached hydrogens (tertiary/aromatic N) is 1. The summed E-state index contributed by atoms with van der Waals surface area (Å²) in [6.07, 6.45) is 3.66. The van der Waals surface area contributed by atoms with Gasteiger partial charge in [-0.3, -0.25) is 9.69 Å². The molecule has 2 N–H and O–H groups in total. The fourth-order valence-electron chi connectivity index (χ4n) is 2.85. The van der Waals surface area contributed by atoms with Crippen molar-refractivity contribution in [3.8, 4) is 0 Å². The van der Waals surface area contributed by atoms with Gasteiger partial charge in [0.15, 0.2) is 0 Å². The van der Waals surface area contributed by atoms with Gasteiger partial charge in [-0.25, -0.2) is 0 Å². The van der Waals surface area contributed by atoms with E-state index in [1.165, 1.54) is 19.3 Å². The molecule has 1 saturated heterocycles. The van der Waals surface area contributed by atoms with Gasteiger partial charge in [0.05, 0.1) is 6.54 Å². The molecule has 0 bridgehead atoms. The van der Waals surface area contributed by atoms with Gasteiger partial charge in [-0.1, -0.05) is 20.8 Å². The summed E-state index contributed by atoms with van der Waals surface area (Å²) in [6, 6.07) is 0.800. The zero-order valence-corrected chi connectivity index (χ0v) is 14.6. The van der Waals surface area contributed by atoms with E-state index >= 15 is 0 Å². The molecule has 124 valence electrons. The molecule has 0 aromatic carbocycles. The van der Waals surface area contributed by atoms with Gasteiger partial charge in [0, 0.05) is 18.6 Å². The Morgan fingerprint density at radius 1 is 1.29 bits per heavy atom. The zero-order chi connectivity index (χ0) is 15.8. The molecular weight excluding hydrogens is 262 g/mol. The number of carbonyl (C=O) groups is 1. The second-order valence-corrected chi connectivity index (χ2v) is 6.98. The van der Waals surface area contributed by atoms with Crippen molar-refractivity contribution >= 4 is 5.91 Å². The summed E-state index contributed by atoms with van der Waals surface area (Å²) in [6.45, 7) is 14.6. The summed E-state index contributed by atoms with van der Waals surface area (Å²) in [7, 11) is 0. The molecular formula is C17H35N3O. The van der Waals surface area contributed by atoms with Crippen LogP contribution in [0.25, 0.3) is 0 Å². The molecule has 1 heterocycles. The summed E-state index contributed by atoms with van der Waals surface area (Å²) < 4.78 is 0.